The van der Waals surface area contributed by atoms with Gasteiger partial charge in [-0.3, -0.25) is 0 Å². The minimum atomic E-state index is -2.85. The van der Waals surface area contributed by atoms with Crippen molar-refractivity contribution >= 4 is 32.5 Å². The van der Waals surface area contributed by atoms with Gasteiger partial charge in [-0.2, -0.15) is 4.98 Å². The second-order valence-corrected chi connectivity index (χ2v) is 7.33. The maximum atomic E-state index is 11.4. The smallest absolute Gasteiger partial charge is 0.222 e. The van der Waals surface area contributed by atoms with Gasteiger partial charge in [-0.05, 0) is 24.5 Å². The molecule has 0 amide bonds. The molecule has 0 saturated carbocycles. The maximum absolute atomic E-state index is 11.4. The molecule has 1 aliphatic rings. The molecular weight excluding hydrogens is 276 g/mol. The third-order valence-electron chi connectivity index (χ3n) is 3.51. The van der Waals surface area contributed by atoms with E-state index in [1.54, 1.807) is 0 Å². The van der Waals surface area contributed by atoms with Gasteiger partial charge < -0.3 is 11.1 Å². The Hall–Kier alpha value is -1.89. The van der Waals surface area contributed by atoms with Gasteiger partial charge in [0.2, 0.25) is 5.95 Å². The Balaban J connectivity index is 1.81. The van der Waals surface area contributed by atoms with Crippen LogP contribution in [-0.4, -0.2) is 36.4 Å². The number of fused-ring (bicyclic) bond motifs is 1. The van der Waals surface area contributed by atoms with Crippen molar-refractivity contribution in [1.82, 2.24) is 9.97 Å². The Bertz CT molecular complexity index is 745. The fraction of sp³-hybridized carbons (Fsp3) is 0.385. The van der Waals surface area contributed by atoms with Gasteiger partial charge in [0.05, 0.1) is 17.0 Å². The molecule has 2 heterocycles. The average molecular weight is 292 g/mol. The molecule has 1 aliphatic heterocycles. The maximum Gasteiger partial charge on any atom is 0.222 e. The first-order chi connectivity index (χ1) is 9.53. The molecule has 7 heteroatoms. The molecular formula is C13H16N4O2S. The van der Waals surface area contributed by atoms with E-state index in [9.17, 15) is 8.42 Å². The number of nitrogens with two attached hydrogens (primary N) is 1. The number of nitrogens with one attached hydrogen (secondary N) is 1. The molecule has 3 rings (SSSR count). The molecule has 106 valence electrons. The highest BCUT2D eigenvalue weighted by atomic mass is 32.2. The van der Waals surface area contributed by atoms with Crippen molar-refractivity contribution in [3.63, 3.8) is 0 Å². The van der Waals surface area contributed by atoms with E-state index in [0.717, 1.165) is 10.9 Å². The van der Waals surface area contributed by atoms with Crippen molar-refractivity contribution in [3.05, 3.63) is 24.3 Å². The largest absolute Gasteiger partial charge is 0.369 e. The van der Waals surface area contributed by atoms with Crippen LogP contribution in [0.2, 0.25) is 0 Å². The van der Waals surface area contributed by atoms with Crippen LogP contribution in [0.15, 0.2) is 24.3 Å². The van der Waals surface area contributed by atoms with Crippen molar-refractivity contribution in [2.75, 3.05) is 29.1 Å². The van der Waals surface area contributed by atoms with Crippen molar-refractivity contribution in [3.8, 4) is 0 Å². The van der Waals surface area contributed by atoms with Gasteiger partial charge in [0, 0.05) is 11.9 Å². The number of hydrogen-bond donors (Lipinski definition) is 2. The first kappa shape index (κ1) is 13.1. The van der Waals surface area contributed by atoms with Crippen LogP contribution < -0.4 is 11.1 Å². The van der Waals surface area contributed by atoms with E-state index in [1.165, 1.54) is 0 Å². The van der Waals surface area contributed by atoms with Crippen LogP contribution in [-0.2, 0) is 9.84 Å². The molecule has 1 fully saturated rings. The Morgan fingerprint density at radius 1 is 1.30 bits per heavy atom. The number of hydrogen-bond acceptors (Lipinski definition) is 6. The number of aromatic nitrogens is 2. The van der Waals surface area contributed by atoms with Gasteiger partial charge in [0.25, 0.3) is 0 Å². The molecule has 3 N–H and O–H groups in total. The van der Waals surface area contributed by atoms with E-state index in [4.69, 9.17) is 5.73 Å². The van der Waals surface area contributed by atoms with Crippen LogP contribution in [0.25, 0.3) is 10.9 Å². The Morgan fingerprint density at radius 2 is 2.10 bits per heavy atom. The number of benzene rings is 1. The molecule has 2 aromatic rings. The van der Waals surface area contributed by atoms with E-state index in [1.807, 2.05) is 24.3 Å². The van der Waals surface area contributed by atoms with Gasteiger partial charge in [0.15, 0.2) is 9.84 Å². The van der Waals surface area contributed by atoms with Crippen molar-refractivity contribution < 1.29 is 8.42 Å². The summed E-state index contributed by atoms with van der Waals surface area (Å²) in [6.45, 7) is 0.583. The molecule has 0 radical (unpaired) electrons. The third kappa shape index (κ3) is 2.67. The molecule has 1 aromatic carbocycles. The second kappa shape index (κ2) is 4.90. The summed E-state index contributed by atoms with van der Waals surface area (Å²) in [5.74, 6) is 1.54. The van der Waals surface area contributed by atoms with E-state index < -0.39 is 9.84 Å². The van der Waals surface area contributed by atoms with Crippen LogP contribution >= 0.6 is 0 Å². The summed E-state index contributed by atoms with van der Waals surface area (Å²) in [5.41, 5.74) is 6.47. The van der Waals surface area contributed by atoms with Crippen LogP contribution in [0.4, 0.5) is 11.8 Å². The monoisotopic (exact) mass is 292 g/mol. The first-order valence-electron chi connectivity index (χ1n) is 6.50. The van der Waals surface area contributed by atoms with Crippen molar-refractivity contribution in [2.45, 2.75) is 6.42 Å². The lowest BCUT2D eigenvalue weighted by molar-refractivity contribution is 0.596. The molecule has 20 heavy (non-hydrogen) atoms. The van der Waals surface area contributed by atoms with Crippen LogP contribution in [0.5, 0.6) is 0 Å². The molecule has 6 nitrogen and oxygen atoms in total. The number of nitrogens with zero attached hydrogens (tertiary/aromatic N) is 2. The topological polar surface area (TPSA) is 98.0 Å². The van der Waals surface area contributed by atoms with E-state index in [-0.39, 0.29) is 23.4 Å². The predicted octanol–water partition coefficient (Wildman–Crippen LogP) is 1.06. The predicted molar refractivity (Wildman–Crippen MR) is 79.2 cm³/mol. The fourth-order valence-electron chi connectivity index (χ4n) is 2.50. The highest BCUT2D eigenvalue weighted by molar-refractivity contribution is 7.91. The van der Waals surface area contributed by atoms with Crippen molar-refractivity contribution in [1.29, 1.82) is 0 Å². The lowest BCUT2D eigenvalue weighted by atomic mass is 10.1. The SMILES string of the molecule is Nc1nc(NCC2CCS(=O)(=O)C2)c2ccccc2n1. The number of sulfone groups is 1. The normalized spacial score (nSPS) is 21.1. The minimum Gasteiger partial charge on any atom is -0.369 e. The summed E-state index contributed by atoms with van der Waals surface area (Å²) in [6.07, 6.45) is 0.702. The zero-order valence-corrected chi connectivity index (χ0v) is 11.7. The molecule has 0 aliphatic carbocycles. The highest BCUT2D eigenvalue weighted by Crippen LogP contribution is 2.23. The van der Waals surface area contributed by atoms with Crippen LogP contribution in [0.1, 0.15) is 6.42 Å². The Labute approximate surface area is 117 Å². The lowest BCUT2D eigenvalue weighted by Gasteiger charge is -2.12. The van der Waals surface area contributed by atoms with Gasteiger partial charge in [-0.1, -0.05) is 12.1 Å². The number of para-hydroxylation sites is 1. The Morgan fingerprint density at radius 3 is 2.85 bits per heavy atom. The summed E-state index contributed by atoms with van der Waals surface area (Å²) in [6, 6.07) is 7.59. The molecule has 1 atom stereocenters. The molecule has 0 spiro atoms. The van der Waals surface area contributed by atoms with Gasteiger partial charge in [-0.25, -0.2) is 13.4 Å². The molecule has 1 unspecified atom stereocenters. The van der Waals surface area contributed by atoms with Crippen molar-refractivity contribution in [2.24, 2.45) is 5.92 Å². The molecule has 0 bridgehead atoms. The van der Waals surface area contributed by atoms with E-state index in [2.05, 4.69) is 15.3 Å². The molecule has 1 aromatic heterocycles. The third-order valence-corrected chi connectivity index (χ3v) is 5.34. The summed E-state index contributed by atoms with van der Waals surface area (Å²) >= 11 is 0. The lowest BCUT2D eigenvalue weighted by Crippen LogP contribution is -2.17. The Kier molecular flexibility index (Phi) is 3.21. The van der Waals surface area contributed by atoms with E-state index >= 15 is 0 Å². The summed E-state index contributed by atoms with van der Waals surface area (Å²) in [5, 5.41) is 4.10. The fourth-order valence-corrected chi connectivity index (χ4v) is 4.37. The average Bonchev–Trinajstić information content (AvgIpc) is 2.75. The van der Waals surface area contributed by atoms with Crippen LogP contribution in [0.3, 0.4) is 0 Å². The van der Waals surface area contributed by atoms with Gasteiger partial charge >= 0.3 is 0 Å². The summed E-state index contributed by atoms with van der Waals surface area (Å²) in [4.78, 5) is 8.37. The number of nitrogen functional groups attached to an aromatic ring is 1. The van der Waals surface area contributed by atoms with Gasteiger partial charge in [-0.15, -0.1) is 0 Å². The molecule has 1 saturated heterocycles. The minimum absolute atomic E-state index is 0.134. The number of anilines is 2. The summed E-state index contributed by atoms with van der Waals surface area (Å²) < 4.78 is 22.9. The zero-order valence-electron chi connectivity index (χ0n) is 10.9. The quantitative estimate of drug-likeness (QED) is 0.877. The van der Waals surface area contributed by atoms with Gasteiger partial charge in [0.1, 0.15) is 5.82 Å². The standard InChI is InChI=1S/C13H16N4O2S/c14-13-16-11-4-2-1-3-10(11)12(17-13)15-7-9-5-6-20(18,19)8-9/h1-4,9H,5-8H2,(H3,14,15,16,17). The number of rotatable bonds is 3. The first-order valence-corrected chi connectivity index (χ1v) is 8.32. The zero-order chi connectivity index (χ0) is 14.2. The second-order valence-electron chi connectivity index (χ2n) is 5.10. The summed E-state index contributed by atoms with van der Waals surface area (Å²) in [7, 11) is -2.85. The van der Waals surface area contributed by atoms with E-state index in [0.29, 0.717) is 18.8 Å². The van der Waals surface area contributed by atoms with Crippen LogP contribution in [0, 0.1) is 5.92 Å². The highest BCUT2D eigenvalue weighted by Gasteiger charge is 2.27.